The van der Waals surface area contributed by atoms with Gasteiger partial charge in [0.25, 0.3) is 0 Å². The lowest BCUT2D eigenvalue weighted by molar-refractivity contribution is -0.0686. The van der Waals surface area contributed by atoms with Crippen LogP contribution >= 0.6 is 0 Å². The number of benzene rings is 3. The van der Waals surface area contributed by atoms with Gasteiger partial charge < -0.3 is 78.1 Å². The van der Waals surface area contributed by atoms with Gasteiger partial charge in [0.05, 0.1) is 71.5 Å². The second kappa shape index (κ2) is 38.3. The van der Waals surface area contributed by atoms with Gasteiger partial charge in [-0.15, -0.1) is 0 Å². The fourth-order valence-corrected chi connectivity index (χ4v) is 6.78. The molecule has 6 atom stereocenters. The number of β-amino-alcohol motifs (C(OH)–C–C–N with tert-alkyl or cyclic N) is 1. The van der Waals surface area contributed by atoms with Crippen LogP contribution in [0.15, 0.2) is 103 Å². The highest BCUT2D eigenvalue weighted by molar-refractivity contribution is 7.79. The summed E-state index contributed by atoms with van der Waals surface area (Å²) in [5, 5.41) is 44.5. The van der Waals surface area contributed by atoms with Gasteiger partial charge in [-0.1, -0.05) is 111 Å². The highest BCUT2D eigenvalue weighted by Gasteiger charge is 2.42. The summed E-state index contributed by atoms with van der Waals surface area (Å²) in [6, 6.07) is 28.7. The minimum absolute atomic E-state index is 0. The Morgan fingerprint density at radius 1 is 0.533 bits per heavy atom. The molecule has 5 heterocycles. The summed E-state index contributed by atoms with van der Waals surface area (Å²) in [6.45, 7) is 7.17. The Kier molecular flexibility index (Phi) is 33.6. The number of aliphatic hydroxyl groups is 5. The molecule has 422 valence electrons. The molecule has 3 amide bonds. The second-order valence-electron chi connectivity index (χ2n) is 16.7. The monoisotopic (exact) mass is 1080 g/mol. The molecule has 75 heavy (non-hydrogen) atoms. The van der Waals surface area contributed by atoms with Crippen LogP contribution in [0.3, 0.4) is 0 Å². The molecule has 0 aliphatic carbocycles. The van der Waals surface area contributed by atoms with E-state index in [9.17, 15) is 24.6 Å². The highest BCUT2D eigenvalue weighted by Crippen LogP contribution is 2.25. The van der Waals surface area contributed by atoms with Gasteiger partial charge in [0.1, 0.15) is 44.2 Å². The molecule has 3 aromatic carbocycles. The van der Waals surface area contributed by atoms with Gasteiger partial charge in [0, 0.05) is 39.9 Å². The van der Waals surface area contributed by atoms with Crippen LogP contribution < -0.4 is 0 Å². The molecule has 3 aromatic rings. The van der Waals surface area contributed by atoms with Crippen LogP contribution in [0.5, 0.6) is 0 Å². The largest absolute Gasteiger partial charge is 0.445 e. The molecule has 8 rings (SSSR count). The molecule has 7 N–H and O–H groups in total. The van der Waals surface area contributed by atoms with Crippen molar-refractivity contribution in [2.75, 3.05) is 99.2 Å². The van der Waals surface area contributed by atoms with Crippen molar-refractivity contribution in [1.82, 2.24) is 14.7 Å². The molecule has 0 radical (unpaired) electrons. The smallest absolute Gasteiger partial charge is 0.410 e. The van der Waals surface area contributed by atoms with E-state index >= 15 is 0 Å². The standard InChI is InChI=1S/C14H19NO5.C14H17NO4.C14H17NO3.C7H14O3.CH4O.CH4.H2O4S/c16-12-8-15(6-7-19-10-13(12)17)14(18)20-9-11-4-2-1-3-5-11;16-14(18-9-11-4-2-1-3-5-11)15-6-7-17-10-13-12(8-15)19-13;16-14(15-8-4-5-10-17-11-9-15)18-12-13-6-2-1-3-7-13;8-6-3-1-2-4-10-5-7(6)9;1-2;;1-5(2,3)4/h1-5,12-13,16-17H,6-10H2;1-5,12-13H,6-10H2;1-7H,8-12H2;6-9H,1-5H2;2H,1H3;1H4;(H2,1,2,3,4)/b;;5-4-;;;;/t12-,13-;;;6-,7-;;;/m1..1.../s1. The number of amides is 3. The van der Waals surface area contributed by atoms with Crippen LogP contribution in [0.2, 0.25) is 0 Å². The summed E-state index contributed by atoms with van der Waals surface area (Å²) in [7, 11) is -3.67. The second-order valence-corrected chi connectivity index (χ2v) is 17.6. The molecule has 0 spiro atoms. The van der Waals surface area contributed by atoms with Crippen LogP contribution in [0.1, 0.15) is 43.4 Å². The predicted molar refractivity (Wildman–Crippen MR) is 273 cm³/mol. The number of carbonyl (C=O) groups is 3. The van der Waals surface area contributed by atoms with Gasteiger partial charge >= 0.3 is 28.7 Å². The average molecular weight is 1080 g/mol. The van der Waals surface area contributed by atoms with Crippen LogP contribution in [-0.2, 0) is 68.1 Å². The molecule has 4 saturated heterocycles. The first-order chi connectivity index (χ1) is 35.7. The lowest BCUT2D eigenvalue weighted by Gasteiger charge is -2.29. The Hall–Kier alpha value is -5.32. The van der Waals surface area contributed by atoms with Crippen molar-refractivity contribution < 1.29 is 95.3 Å². The summed E-state index contributed by atoms with van der Waals surface area (Å²) in [5.74, 6) is 0. The van der Waals surface area contributed by atoms with Crippen molar-refractivity contribution in [1.29, 1.82) is 0 Å². The Labute approximate surface area is 439 Å². The summed E-state index contributed by atoms with van der Waals surface area (Å²) in [5.41, 5.74) is 2.87. The van der Waals surface area contributed by atoms with E-state index in [-0.39, 0.29) is 58.2 Å². The van der Waals surface area contributed by atoms with E-state index in [1.807, 2.05) is 103 Å². The van der Waals surface area contributed by atoms with Crippen LogP contribution in [0.25, 0.3) is 0 Å². The van der Waals surface area contributed by atoms with E-state index in [0.717, 1.165) is 36.6 Å². The number of aliphatic hydroxyl groups excluding tert-OH is 5. The predicted octanol–water partition coefficient (Wildman–Crippen LogP) is 3.51. The number of nitrogens with zero attached hydrogens (tertiary/aromatic N) is 3. The molecule has 23 nitrogen and oxygen atoms in total. The Morgan fingerprint density at radius 2 is 0.947 bits per heavy atom. The van der Waals surface area contributed by atoms with Crippen molar-refractivity contribution in [3.63, 3.8) is 0 Å². The molecular weight excluding hydrogens is 1010 g/mol. The third kappa shape index (κ3) is 30.1. The third-order valence-corrected chi connectivity index (χ3v) is 10.9. The first-order valence-electron chi connectivity index (χ1n) is 24.0. The van der Waals surface area contributed by atoms with E-state index in [1.165, 1.54) is 4.90 Å². The topological polar surface area (TPSA) is 314 Å². The molecule has 0 aromatic heterocycles. The van der Waals surface area contributed by atoms with Gasteiger partial charge in [-0.05, 0) is 36.0 Å². The maximum absolute atomic E-state index is 12.0. The zero-order valence-electron chi connectivity index (χ0n) is 41.6. The van der Waals surface area contributed by atoms with Gasteiger partial charge in [-0.25, -0.2) is 14.4 Å². The van der Waals surface area contributed by atoms with Crippen molar-refractivity contribution in [2.24, 2.45) is 0 Å². The zero-order chi connectivity index (χ0) is 54.0. The minimum atomic E-state index is -4.67. The van der Waals surface area contributed by atoms with Gasteiger partial charge in [-0.2, -0.15) is 8.42 Å². The number of fused-ring (bicyclic) bond motifs is 1. The number of epoxide rings is 1. The first kappa shape index (κ1) is 65.8. The van der Waals surface area contributed by atoms with Gasteiger partial charge in [0.2, 0.25) is 0 Å². The van der Waals surface area contributed by atoms with Crippen molar-refractivity contribution in [3.05, 3.63) is 120 Å². The van der Waals surface area contributed by atoms with Crippen molar-refractivity contribution in [3.8, 4) is 0 Å². The summed E-state index contributed by atoms with van der Waals surface area (Å²) in [4.78, 5) is 40.4. The van der Waals surface area contributed by atoms with E-state index in [2.05, 4.69) is 0 Å². The Bertz CT molecular complexity index is 2090. The van der Waals surface area contributed by atoms with Gasteiger partial charge in [0.15, 0.2) is 0 Å². The highest BCUT2D eigenvalue weighted by atomic mass is 32.3. The molecule has 5 aliphatic heterocycles. The lowest BCUT2D eigenvalue weighted by atomic mass is 10.1. The Balaban J connectivity index is 0.000000333. The number of hydrogen-bond acceptors (Lipinski definition) is 18. The van der Waals surface area contributed by atoms with E-state index < -0.39 is 40.9 Å². The van der Waals surface area contributed by atoms with Gasteiger partial charge in [-0.3, -0.25) is 9.11 Å². The maximum Gasteiger partial charge on any atom is 0.410 e. The number of ether oxygens (including phenoxy) is 8. The van der Waals surface area contributed by atoms with Crippen LogP contribution in [0.4, 0.5) is 14.4 Å². The van der Waals surface area contributed by atoms with E-state index in [4.69, 9.17) is 70.7 Å². The SMILES string of the molecule is C.CO.O=C(OCc1ccccc1)N1C/C=C\COCC1.O=C(OCc1ccccc1)N1CCOCC2OC2C1.O=C(OCc1ccccc1)N1CCOC[C@@H](O)[C@H](O)C1.O=S(=O)(O)O.O[C@@H]1CCCCOC[C@H]1O. The number of hydrogen-bond donors (Lipinski definition) is 7. The minimum Gasteiger partial charge on any atom is -0.445 e. The fourth-order valence-electron chi connectivity index (χ4n) is 6.78. The molecule has 0 bridgehead atoms. The third-order valence-electron chi connectivity index (χ3n) is 10.9. The molecule has 2 unspecified atom stereocenters. The van der Waals surface area contributed by atoms with Crippen molar-refractivity contribution in [2.45, 2.75) is 83.1 Å². The van der Waals surface area contributed by atoms with Crippen molar-refractivity contribution >= 4 is 28.7 Å². The van der Waals surface area contributed by atoms with Crippen LogP contribution in [-0.4, -0.2) is 212 Å². The quantitative estimate of drug-likeness (QED) is 0.0804. The van der Waals surface area contributed by atoms with E-state index in [0.29, 0.717) is 92.0 Å². The molecule has 5 aliphatic rings. The molecular formula is C51H77N3O20S. The Morgan fingerprint density at radius 3 is 1.45 bits per heavy atom. The zero-order valence-corrected chi connectivity index (χ0v) is 42.4. The molecule has 4 fully saturated rings. The fraction of sp³-hybridized carbons (Fsp3) is 0.549. The van der Waals surface area contributed by atoms with Crippen LogP contribution in [0, 0.1) is 0 Å². The summed E-state index contributed by atoms with van der Waals surface area (Å²) in [6.07, 6.45) is 2.34. The summed E-state index contributed by atoms with van der Waals surface area (Å²) < 4.78 is 73.6. The molecule has 0 saturated carbocycles. The number of carbonyl (C=O) groups excluding carboxylic acids is 3. The lowest BCUT2D eigenvalue weighted by Crippen LogP contribution is -2.47. The average Bonchev–Trinajstić information content (AvgIpc) is 4.12. The normalized spacial score (nSPS) is 22.9. The molecule has 24 heteroatoms. The first-order valence-corrected chi connectivity index (χ1v) is 25.4. The van der Waals surface area contributed by atoms with E-state index in [1.54, 1.807) is 9.80 Å². The summed E-state index contributed by atoms with van der Waals surface area (Å²) >= 11 is 0. The number of rotatable bonds is 6. The maximum atomic E-state index is 12.0.